The molecule has 0 fully saturated rings. The van der Waals surface area contributed by atoms with Crippen molar-refractivity contribution in [1.29, 1.82) is 0 Å². The number of benzene rings is 2. The standard InChI is InChI=1S/C14H12ClFO2/c1-9-13(17)3-2-4-14(9)18-8-10-7-11(16)5-6-12(10)15/h2-7,17H,8H2,1H3. The smallest absolute Gasteiger partial charge is 0.126 e. The second kappa shape index (κ2) is 5.27. The molecular formula is C14H12ClFO2. The number of phenols is 1. The van der Waals surface area contributed by atoms with Gasteiger partial charge < -0.3 is 9.84 Å². The quantitative estimate of drug-likeness (QED) is 0.907. The maximum absolute atomic E-state index is 13.1. The molecule has 0 heterocycles. The molecule has 0 aliphatic heterocycles. The van der Waals surface area contributed by atoms with Crippen LogP contribution >= 0.6 is 11.6 Å². The number of ether oxygens (including phenoxy) is 1. The van der Waals surface area contributed by atoms with Crippen LogP contribution < -0.4 is 4.74 Å². The average Bonchev–Trinajstić information content (AvgIpc) is 2.35. The topological polar surface area (TPSA) is 29.5 Å². The number of phenolic OH excluding ortho intramolecular Hbond substituents is 1. The van der Waals surface area contributed by atoms with Crippen molar-refractivity contribution in [1.82, 2.24) is 0 Å². The van der Waals surface area contributed by atoms with E-state index in [1.54, 1.807) is 25.1 Å². The SMILES string of the molecule is Cc1c(O)cccc1OCc1cc(F)ccc1Cl. The van der Waals surface area contributed by atoms with Gasteiger partial charge in [0.05, 0.1) is 0 Å². The third-order valence-electron chi connectivity index (χ3n) is 2.65. The average molecular weight is 267 g/mol. The van der Waals surface area contributed by atoms with Gasteiger partial charge in [0.25, 0.3) is 0 Å². The van der Waals surface area contributed by atoms with E-state index < -0.39 is 0 Å². The van der Waals surface area contributed by atoms with Crippen LogP contribution in [0.3, 0.4) is 0 Å². The van der Waals surface area contributed by atoms with Gasteiger partial charge in [0.1, 0.15) is 23.9 Å². The first kappa shape index (κ1) is 12.7. The second-order valence-electron chi connectivity index (χ2n) is 3.92. The molecule has 4 heteroatoms. The lowest BCUT2D eigenvalue weighted by molar-refractivity contribution is 0.301. The highest BCUT2D eigenvalue weighted by atomic mass is 35.5. The van der Waals surface area contributed by atoms with Crippen LogP contribution in [0.15, 0.2) is 36.4 Å². The highest BCUT2D eigenvalue weighted by Gasteiger charge is 2.06. The molecule has 18 heavy (non-hydrogen) atoms. The predicted octanol–water partition coefficient (Wildman–Crippen LogP) is 4.07. The van der Waals surface area contributed by atoms with Crippen molar-refractivity contribution in [3.63, 3.8) is 0 Å². The maximum Gasteiger partial charge on any atom is 0.126 e. The number of halogens is 2. The molecule has 2 rings (SSSR count). The van der Waals surface area contributed by atoms with Crippen LogP contribution in [-0.4, -0.2) is 5.11 Å². The van der Waals surface area contributed by atoms with E-state index in [1.807, 2.05) is 0 Å². The summed E-state index contributed by atoms with van der Waals surface area (Å²) in [5.74, 6) is 0.360. The molecule has 0 unspecified atom stereocenters. The van der Waals surface area contributed by atoms with E-state index >= 15 is 0 Å². The molecule has 0 saturated heterocycles. The summed E-state index contributed by atoms with van der Waals surface area (Å²) in [5, 5.41) is 9.98. The fourth-order valence-corrected chi connectivity index (χ4v) is 1.74. The van der Waals surface area contributed by atoms with E-state index in [0.717, 1.165) is 0 Å². The summed E-state index contributed by atoms with van der Waals surface area (Å²) < 4.78 is 18.6. The molecule has 0 saturated carbocycles. The van der Waals surface area contributed by atoms with Gasteiger partial charge in [0.15, 0.2) is 0 Å². The van der Waals surface area contributed by atoms with Crippen molar-refractivity contribution < 1.29 is 14.2 Å². The number of hydrogen-bond acceptors (Lipinski definition) is 2. The van der Waals surface area contributed by atoms with Crippen molar-refractivity contribution in [3.8, 4) is 11.5 Å². The zero-order chi connectivity index (χ0) is 13.1. The van der Waals surface area contributed by atoms with Crippen molar-refractivity contribution in [2.45, 2.75) is 13.5 Å². The summed E-state index contributed by atoms with van der Waals surface area (Å²) in [6, 6.07) is 9.13. The van der Waals surface area contributed by atoms with Gasteiger partial charge in [-0.05, 0) is 37.3 Å². The lowest BCUT2D eigenvalue weighted by atomic mass is 10.2. The van der Waals surface area contributed by atoms with Gasteiger partial charge in [-0.25, -0.2) is 4.39 Å². The molecule has 2 aromatic carbocycles. The normalized spacial score (nSPS) is 10.4. The molecule has 94 valence electrons. The number of rotatable bonds is 3. The summed E-state index contributed by atoms with van der Waals surface area (Å²) in [6.07, 6.45) is 0. The zero-order valence-corrected chi connectivity index (χ0v) is 10.5. The molecule has 2 nitrogen and oxygen atoms in total. The molecule has 0 radical (unpaired) electrons. The largest absolute Gasteiger partial charge is 0.508 e. The second-order valence-corrected chi connectivity index (χ2v) is 4.33. The molecule has 0 aliphatic carbocycles. The van der Waals surface area contributed by atoms with Crippen LogP contribution in [0.5, 0.6) is 11.5 Å². The van der Waals surface area contributed by atoms with E-state index in [-0.39, 0.29) is 18.2 Å². The Labute approximate surface area is 110 Å². The van der Waals surface area contributed by atoms with Gasteiger partial charge in [0.2, 0.25) is 0 Å². The molecule has 0 bridgehead atoms. The van der Waals surface area contributed by atoms with Gasteiger partial charge >= 0.3 is 0 Å². The van der Waals surface area contributed by atoms with E-state index in [2.05, 4.69) is 0 Å². The fourth-order valence-electron chi connectivity index (χ4n) is 1.57. The Balaban J connectivity index is 2.16. The molecule has 0 aliphatic rings. The Hall–Kier alpha value is -1.74. The molecule has 2 aromatic rings. The monoisotopic (exact) mass is 266 g/mol. The molecule has 0 spiro atoms. The fraction of sp³-hybridized carbons (Fsp3) is 0.143. The maximum atomic E-state index is 13.1. The van der Waals surface area contributed by atoms with Crippen LogP contribution in [0, 0.1) is 12.7 Å². The van der Waals surface area contributed by atoms with E-state index in [4.69, 9.17) is 16.3 Å². The Bertz CT molecular complexity index is 568. The Morgan fingerprint density at radius 3 is 2.83 bits per heavy atom. The van der Waals surface area contributed by atoms with E-state index in [1.165, 1.54) is 18.2 Å². The Kier molecular flexibility index (Phi) is 3.72. The van der Waals surface area contributed by atoms with Crippen LogP contribution in [0.2, 0.25) is 5.02 Å². The minimum atomic E-state index is -0.356. The third kappa shape index (κ3) is 2.74. The predicted molar refractivity (Wildman–Crippen MR) is 68.6 cm³/mol. The number of aromatic hydroxyl groups is 1. The van der Waals surface area contributed by atoms with Gasteiger partial charge in [-0.2, -0.15) is 0 Å². The van der Waals surface area contributed by atoms with Crippen LogP contribution in [0.4, 0.5) is 4.39 Å². The molecule has 0 amide bonds. The van der Waals surface area contributed by atoms with Crippen LogP contribution in [-0.2, 0) is 6.61 Å². The first-order valence-corrected chi connectivity index (χ1v) is 5.81. The van der Waals surface area contributed by atoms with Crippen molar-refractivity contribution in [2.75, 3.05) is 0 Å². The van der Waals surface area contributed by atoms with Crippen LogP contribution in [0.25, 0.3) is 0 Å². The summed E-state index contributed by atoms with van der Waals surface area (Å²) in [5.41, 5.74) is 1.21. The minimum Gasteiger partial charge on any atom is -0.508 e. The first-order chi connectivity index (χ1) is 8.58. The molecular weight excluding hydrogens is 255 g/mol. The summed E-state index contributed by atoms with van der Waals surface area (Å²) >= 11 is 5.94. The third-order valence-corrected chi connectivity index (χ3v) is 3.02. The molecule has 0 atom stereocenters. The Morgan fingerprint density at radius 2 is 2.06 bits per heavy atom. The Morgan fingerprint density at radius 1 is 1.28 bits per heavy atom. The molecule has 0 aromatic heterocycles. The van der Waals surface area contributed by atoms with E-state index in [0.29, 0.717) is 21.9 Å². The van der Waals surface area contributed by atoms with Crippen molar-refractivity contribution in [2.24, 2.45) is 0 Å². The van der Waals surface area contributed by atoms with Crippen molar-refractivity contribution >= 4 is 11.6 Å². The highest BCUT2D eigenvalue weighted by Crippen LogP contribution is 2.27. The van der Waals surface area contributed by atoms with Crippen molar-refractivity contribution in [3.05, 3.63) is 58.4 Å². The highest BCUT2D eigenvalue weighted by molar-refractivity contribution is 6.31. The summed E-state index contributed by atoms with van der Waals surface area (Å²) in [7, 11) is 0. The lowest BCUT2D eigenvalue weighted by Crippen LogP contribution is -1.98. The summed E-state index contributed by atoms with van der Waals surface area (Å²) in [4.78, 5) is 0. The van der Waals surface area contributed by atoms with E-state index in [9.17, 15) is 9.50 Å². The first-order valence-electron chi connectivity index (χ1n) is 5.43. The number of hydrogen-bond donors (Lipinski definition) is 1. The van der Waals surface area contributed by atoms with Gasteiger partial charge in [-0.3, -0.25) is 0 Å². The van der Waals surface area contributed by atoms with Gasteiger partial charge in [0, 0.05) is 16.1 Å². The zero-order valence-electron chi connectivity index (χ0n) is 9.78. The minimum absolute atomic E-state index is 0.154. The van der Waals surface area contributed by atoms with Gasteiger partial charge in [-0.15, -0.1) is 0 Å². The summed E-state index contributed by atoms with van der Waals surface area (Å²) in [6.45, 7) is 1.90. The lowest BCUT2D eigenvalue weighted by Gasteiger charge is -2.11. The molecule has 1 N–H and O–H groups in total. The van der Waals surface area contributed by atoms with Crippen LogP contribution in [0.1, 0.15) is 11.1 Å². The van der Waals surface area contributed by atoms with Gasteiger partial charge in [-0.1, -0.05) is 17.7 Å².